The van der Waals surface area contributed by atoms with Crippen LogP contribution in [-0.2, 0) is 4.79 Å². The van der Waals surface area contributed by atoms with Gasteiger partial charge in [-0.25, -0.2) is 0 Å². The largest absolute Gasteiger partial charge is 0.335 e. The summed E-state index contributed by atoms with van der Waals surface area (Å²) in [6.07, 6.45) is 6.21. The Bertz CT molecular complexity index is 213. The minimum atomic E-state index is -0.0174. The van der Waals surface area contributed by atoms with E-state index < -0.39 is 0 Å². The highest BCUT2D eigenvalue weighted by atomic mass is 16.2. The van der Waals surface area contributed by atoms with Crippen LogP contribution in [0.1, 0.15) is 39.0 Å². The highest BCUT2D eigenvalue weighted by Gasteiger charge is 2.40. The van der Waals surface area contributed by atoms with E-state index in [-0.39, 0.29) is 6.04 Å². The summed E-state index contributed by atoms with van der Waals surface area (Å²) >= 11 is 0. The Morgan fingerprint density at radius 2 is 1.86 bits per heavy atom. The van der Waals surface area contributed by atoms with E-state index in [1.54, 1.807) is 0 Å². The van der Waals surface area contributed by atoms with Crippen molar-refractivity contribution in [2.24, 2.45) is 0 Å². The molecule has 2 aliphatic heterocycles. The summed E-state index contributed by atoms with van der Waals surface area (Å²) in [5.41, 5.74) is 0. The van der Waals surface area contributed by atoms with Crippen molar-refractivity contribution in [1.29, 1.82) is 0 Å². The summed E-state index contributed by atoms with van der Waals surface area (Å²) in [5.74, 6) is 0.305. The average Bonchev–Trinajstić information content (AvgIpc) is 2.46. The number of likely N-dealkylation sites (N-methyl/N-ethyl adjacent to an activating group) is 1. The first-order valence-corrected chi connectivity index (χ1v) is 5.73. The molecule has 2 aliphatic rings. The number of carbonyl (C=O) groups is 1. The molecule has 2 bridgehead atoms. The molecule has 1 amide bonds. The van der Waals surface area contributed by atoms with Gasteiger partial charge in [0.25, 0.3) is 0 Å². The Labute approximate surface area is 85.8 Å². The van der Waals surface area contributed by atoms with E-state index in [2.05, 4.69) is 10.2 Å². The minimum Gasteiger partial charge on any atom is -0.335 e. The zero-order chi connectivity index (χ0) is 10.1. The predicted octanol–water partition coefficient (Wildman–Crippen LogP) is 1.14. The molecule has 3 heteroatoms. The fourth-order valence-electron chi connectivity index (χ4n) is 2.82. The van der Waals surface area contributed by atoms with Gasteiger partial charge in [-0.15, -0.1) is 0 Å². The number of rotatable bonds is 2. The van der Waals surface area contributed by atoms with E-state index in [1.807, 2.05) is 14.0 Å². The molecule has 3 nitrogen and oxygen atoms in total. The third kappa shape index (κ3) is 1.54. The van der Waals surface area contributed by atoms with Crippen LogP contribution in [0.4, 0.5) is 0 Å². The molecule has 2 fully saturated rings. The number of amides is 1. The summed E-state index contributed by atoms with van der Waals surface area (Å²) in [5, 5.41) is 3.04. The van der Waals surface area contributed by atoms with Gasteiger partial charge < -0.3 is 10.2 Å². The Kier molecular flexibility index (Phi) is 2.77. The van der Waals surface area contributed by atoms with Gasteiger partial charge in [0.05, 0.1) is 6.04 Å². The van der Waals surface area contributed by atoms with Crippen LogP contribution in [0.15, 0.2) is 0 Å². The third-order valence-corrected chi connectivity index (χ3v) is 3.75. The zero-order valence-electron chi connectivity index (χ0n) is 9.12. The maximum atomic E-state index is 12.1. The van der Waals surface area contributed by atoms with E-state index >= 15 is 0 Å². The molecule has 3 atom stereocenters. The van der Waals surface area contributed by atoms with Gasteiger partial charge in [0.15, 0.2) is 0 Å². The van der Waals surface area contributed by atoms with Crippen molar-refractivity contribution in [2.45, 2.75) is 57.2 Å². The Hall–Kier alpha value is -0.570. The number of hydrogen-bond donors (Lipinski definition) is 1. The molecule has 2 saturated heterocycles. The van der Waals surface area contributed by atoms with E-state index in [9.17, 15) is 4.79 Å². The van der Waals surface area contributed by atoms with Crippen molar-refractivity contribution in [2.75, 3.05) is 7.05 Å². The summed E-state index contributed by atoms with van der Waals surface area (Å²) < 4.78 is 0. The number of nitrogens with one attached hydrogen (secondary N) is 1. The smallest absolute Gasteiger partial charge is 0.239 e. The van der Waals surface area contributed by atoms with Gasteiger partial charge in [-0.2, -0.15) is 0 Å². The lowest BCUT2D eigenvalue weighted by Crippen LogP contribution is -2.50. The Balaban J connectivity index is 2.07. The molecule has 0 aromatic carbocycles. The minimum absolute atomic E-state index is 0.0174. The molecule has 2 heterocycles. The van der Waals surface area contributed by atoms with Crippen LogP contribution >= 0.6 is 0 Å². The SMILES string of the molecule is CN[C@@H](C)C(=O)N1C2CCCC1CC2. The molecule has 2 unspecified atom stereocenters. The molecule has 0 spiro atoms. The van der Waals surface area contributed by atoms with Crippen LogP contribution < -0.4 is 5.32 Å². The molecular formula is C11H20N2O. The standard InChI is InChI=1S/C11H20N2O/c1-8(12-2)11(14)13-9-4-3-5-10(13)7-6-9/h8-10,12H,3-7H2,1-2H3/t8-,9?,10?/m0/s1. The summed E-state index contributed by atoms with van der Waals surface area (Å²) in [6.45, 7) is 1.95. The molecule has 1 N–H and O–H groups in total. The van der Waals surface area contributed by atoms with Gasteiger partial charge in [-0.1, -0.05) is 0 Å². The second-order valence-corrected chi connectivity index (χ2v) is 4.57. The summed E-state index contributed by atoms with van der Waals surface area (Å²) in [7, 11) is 1.86. The van der Waals surface area contributed by atoms with E-state index in [1.165, 1.54) is 32.1 Å². The zero-order valence-corrected chi connectivity index (χ0v) is 9.12. The molecule has 0 aromatic heterocycles. The number of hydrogen-bond acceptors (Lipinski definition) is 2. The van der Waals surface area contributed by atoms with Crippen molar-refractivity contribution in [3.05, 3.63) is 0 Å². The van der Waals surface area contributed by atoms with Crippen LogP contribution in [-0.4, -0.2) is 36.0 Å². The number of carbonyl (C=O) groups excluding carboxylic acids is 1. The molecule has 0 aliphatic carbocycles. The maximum Gasteiger partial charge on any atom is 0.239 e. The van der Waals surface area contributed by atoms with Gasteiger partial charge in [0, 0.05) is 12.1 Å². The topological polar surface area (TPSA) is 32.3 Å². The monoisotopic (exact) mass is 196 g/mol. The molecule has 0 saturated carbocycles. The summed E-state index contributed by atoms with van der Waals surface area (Å²) in [6, 6.07) is 1.09. The van der Waals surface area contributed by atoms with Crippen LogP contribution in [0.25, 0.3) is 0 Å². The second-order valence-electron chi connectivity index (χ2n) is 4.57. The van der Waals surface area contributed by atoms with Gasteiger partial charge in [-0.05, 0) is 46.1 Å². The van der Waals surface area contributed by atoms with E-state index in [0.717, 1.165) is 0 Å². The van der Waals surface area contributed by atoms with Crippen molar-refractivity contribution < 1.29 is 4.79 Å². The van der Waals surface area contributed by atoms with E-state index in [0.29, 0.717) is 18.0 Å². The van der Waals surface area contributed by atoms with Crippen LogP contribution in [0.2, 0.25) is 0 Å². The molecular weight excluding hydrogens is 176 g/mol. The van der Waals surface area contributed by atoms with Crippen molar-refractivity contribution in [1.82, 2.24) is 10.2 Å². The quantitative estimate of drug-likeness (QED) is 0.718. The normalized spacial score (nSPS) is 33.1. The lowest BCUT2D eigenvalue weighted by Gasteiger charge is -2.36. The van der Waals surface area contributed by atoms with Crippen molar-refractivity contribution in [3.8, 4) is 0 Å². The molecule has 0 radical (unpaired) electrons. The number of nitrogens with zero attached hydrogens (tertiary/aromatic N) is 1. The molecule has 0 aromatic rings. The second kappa shape index (κ2) is 3.89. The number of fused-ring (bicyclic) bond motifs is 2. The average molecular weight is 196 g/mol. The number of piperidine rings is 1. The van der Waals surface area contributed by atoms with Crippen LogP contribution in [0.3, 0.4) is 0 Å². The Morgan fingerprint density at radius 1 is 1.29 bits per heavy atom. The summed E-state index contributed by atoms with van der Waals surface area (Å²) in [4.78, 5) is 14.2. The first-order chi connectivity index (χ1) is 6.74. The molecule has 2 rings (SSSR count). The molecule has 80 valence electrons. The van der Waals surface area contributed by atoms with Crippen molar-refractivity contribution in [3.63, 3.8) is 0 Å². The predicted molar refractivity (Wildman–Crippen MR) is 56.0 cm³/mol. The van der Waals surface area contributed by atoms with Gasteiger partial charge >= 0.3 is 0 Å². The van der Waals surface area contributed by atoms with Gasteiger partial charge in [0.2, 0.25) is 5.91 Å². The van der Waals surface area contributed by atoms with Gasteiger partial charge in [-0.3, -0.25) is 4.79 Å². The lowest BCUT2D eigenvalue weighted by atomic mass is 10.0. The maximum absolute atomic E-state index is 12.1. The van der Waals surface area contributed by atoms with E-state index in [4.69, 9.17) is 0 Å². The first kappa shape index (κ1) is 9.97. The first-order valence-electron chi connectivity index (χ1n) is 5.73. The molecule has 14 heavy (non-hydrogen) atoms. The Morgan fingerprint density at radius 3 is 2.36 bits per heavy atom. The third-order valence-electron chi connectivity index (χ3n) is 3.75. The van der Waals surface area contributed by atoms with Gasteiger partial charge in [0.1, 0.15) is 0 Å². The fourth-order valence-corrected chi connectivity index (χ4v) is 2.82. The van der Waals surface area contributed by atoms with Crippen LogP contribution in [0, 0.1) is 0 Å². The highest BCUT2D eigenvalue weighted by Crippen LogP contribution is 2.35. The van der Waals surface area contributed by atoms with Crippen molar-refractivity contribution >= 4 is 5.91 Å². The highest BCUT2D eigenvalue weighted by molar-refractivity contribution is 5.82. The fraction of sp³-hybridized carbons (Fsp3) is 0.909. The van der Waals surface area contributed by atoms with Crippen LogP contribution in [0.5, 0.6) is 0 Å². The lowest BCUT2D eigenvalue weighted by molar-refractivity contribution is -0.137.